The van der Waals surface area contributed by atoms with Crippen molar-refractivity contribution in [2.75, 3.05) is 13.2 Å². The van der Waals surface area contributed by atoms with Crippen molar-refractivity contribution in [2.45, 2.75) is 51.6 Å². The summed E-state index contributed by atoms with van der Waals surface area (Å²) < 4.78 is 6.05. The van der Waals surface area contributed by atoms with Crippen molar-refractivity contribution in [3.63, 3.8) is 0 Å². The molecule has 0 spiro atoms. The van der Waals surface area contributed by atoms with E-state index in [0.29, 0.717) is 18.1 Å². The van der Waals surface area contributed by atoms with Crippen LogP contribution in [0.3, 0.4) is 0 Å². The number of aliphatic hydroxyl groups excluding tert-OH is 1. The van der Waals surface area contributed by atoms with Gasteiger partial charge in [0, 0.05) is 11.5 Å². The van der Waals surface area contributed by atoms with Gasteiger partial charge in [-0.2, -0.15) is 0 Å². The molecule has 2 rings (SSSR count). The zero-order valence-electron chi connectivity index (χ0n) is 15.4. The summed E-state index contributed by atoms with van der Waals surface area (Å²) in [6.45, 7) is 3.79. The highest BCUT2D eigenvalue weighted by Gasteiger charge is 2.25. The molecule has 0 radical (unpaired) electrons. The number of ketones is 1. The second kappa shape index (κ2) is 10.3. The second-order valence-electron chi connectivity index (χ2n) is 6.80. The second-order valence-corrected chi connectivity index (χ2v) is 6.80. The Kier molecular flexibility index (Phi) is 8.10. The smallest absolute Gasteiger partial charge is 0.156 e. The van der Waals surface area contributed by atoms with E-state index >= 15 is 0 Å². The first-order valence-electron chi connectivity index (χ1n) is 9.26. The van der Waals surface area contributed by atoms with Gasteiger partial charge in [-0.05, 0) is 51.0 Å². The van der Waals surface area contributed by atoms with Crippen LogP contribution in [-0.4, -0.2) is 30.2 Å². The number of hydrogen-bond acceptors (Lipinski definition) is 3. The molecule has 1 unspecified atom stereocenters. The van der Waals surface area contributed by atoms with Gasteiger partial charge >= 0.3 is 0 Å². The number of carbonyl (C=O) groups is 1. The summed E-state index contributed by atoms with van der Waals surface area (Å²) >= 11 is 0. The van der Waals surface area contributed by atoms with E-state index < -0.39 is 0 Å². The lowest BCUT2D eigenvalue weighted by atomic mass is 9.83. The van der Waals surface area contributed by atoms with Gasteiger partial charge in [-0.15, -0.1) is 0 Å². The number of ether oxygens (including phenoxy) is 1. The van der Waals surface area contributed by atoms with E-state index in [-0.39, 0.29) is 24.4 Å². The molecular weight excluding hydrogens is 312 g/mol. The predicted molar refractivity (Wildman–Crippen MR) is 102 cm³/mol. The van der Waals surface area contributed by atoms with E-state index in [4.69, 9.17) is 4.74 Å². The molecule has 0 amide bonds. The van der Waals surface area contributed by atoms with Gasteiger partial charge in [0.1, 0.15) is 0 Å². The molecule has 136 valence electrons. The normalized spacial score (nSPS) is 22.9. The van der Waals surface area contributed by atoms with Crippen LogP contribution in [0.25, 0.3) is 0 Å². The molecule has 1 fully saturated rings. The van der Waals surface area contributed by atoms with Crippen molar-refractivity contribution in [1.29, 1.82) is 0 Å². The van der Waals surface area contributed by atoms with Gasteiger partial charge in [-0.3, -0.25) is 4.79 Å². The minimum Gasteiger partial charge on any atom is -0.396 e. The van der Waals surface area contributed by atoms with Crippen LogP contribution in [-0.2, 0) is 9.53 Å². The third-order valence-electron chi connectivity index (χ3n) is 5.01. The van der Waals surface area contributed by atoms with E-state index in [1.165, 1.54) is 5.56 Å². The average Bonchev–Trinajstić information content (AvgIpc) is 2.65. The lowest BCUT2D eigenvalue weighted by Crippen LogP contribution is -2.27. The van der Waals surface area contributed by atoms with E-state index in [1.807, 2.05) is 19.1 Å². The quantitative estimate of drug-likeness (QED) is 0.561. The third-order valence-corrected chi connectivity index (χ3v) is 5.01. The Balaban J connectivity index is 1.85. The molecule has 3 nitrogen and oxygen atoms in total. The first kappa shape index (κ1) is 19.6. The standard InChI is InChI=1S/C22H30O3/c1-3-4-10-22(17(2)24)20(15-23)16-25-21-13-11-19(12-14-21)18-8-6-5-7-9-18/h3-10,19-21,23H,11-16H2,1-2H3/b4-3-,22-10+. The first-order chi connectivity index (χ1) is 12.2. The molecule has 0 heterocycles. The summed E-state index contributed by atoms with van der Waals surface area (Å²) in [6, 6.07) is 10.7. The minimum atomic E-state index is -0.249. The van der Waals surface area contributed by atoms with Crippen molar-refractivity contribution in [3.8, 4) is 0 Å². The number of allylic oxidation sites excluding steroid dienone is 3. The van der Waals surface area contributed by atoms with Crippen LogP contribution in [0, 0.1) is 5.92 Å². The molecule has 1 aromatic carbocycles. The summed E-state index contributed by atoms with van der Waals surface area (Å²) in [7, 11) is 0. The Labute approximate surface area is 151 Å². The van der Waals surface area contributed by atoms with Crippen LogP contribution >= 0.6 is 0 Å². The maximum atomic E-state index is 11.8. The Bertz CT molecular complexity index is 581. The Morgan fingerprint density at radius 1 is 1.24 bits per heavy atom. The van der Waals surface area contributed by atoms with E-state index in [1.54, 1.807) is 13.0 Å². The van der Waals surface area contributed by atoms with Crippen LogP contribution in [0.4, 0.5) is 0 Å². The van der Waals surface area contributed by atoms with E-state index in [2.05, 4.69) is 30.3 Å². The number of carbonyl (C=O) groups excluding carboxylic acids is 1. The predicted octanol–water partition coefficient (Wildman–Crippen LogP) is 4.43. The molecule has 1 saturated carbocycles. The summed E-state index contributed by atoms with van der Waals surface area (Å²) in [5, 5.41) is 9.67. The highest BCUT2D eigenvalue weighted by Crippen LogP contribution is 2.34. The summed E-state index contributed by atoms with van der Waals surface area (Å²) in [4.78, 5) is 11.8. The van der Waals surface area contributed by atoms with Gasteiger partial charge in [0.05, 0.1) is 19.3 Å². The summed E-state index contributed by atoms with van der Waals surface area (Å²) in [5.41, 5.74) is 2.06. The molecule has 1 N–H and O–H groups in total. The zero-order valence-corrected chi connectivity index (χ0v) is 15.4. The zero-order chi connectivity index (χ0) is 18.1. The molecule has 25 heavy (non-hydrogen) atoms. The molecule has 0 saturated heterocycles. The van der Waals surface area contributed by atoms with Gasteiger partial charge < -0.3 is 9.84 Å². The molecule has 1 aromatic rings. The van der Waals surface area contributed by atoms with Crippen molar-refractivity contribution in [2.24, 2.45) is 5.92 Å². The Morgan fingerprint density at radius 3 is 2.48 bits per heavy atom. The third kappa shape index (κ3) is 5.94. The van der Waals surface area contributed by atoms with Crippen LogP contribution < -0.4 is 0 Å². The minimum absolute atomic E-state index is 0.00599. The highest BCUT2D eigenvalue weighted by atomic mass is 16.5. The Morgan fingerprint density at radius 2 is 1.92 bits per heavy atom. The van der Waals surface area contributed by atoms with Crippen LogP contribution in [0.1, 0.15) is 51.0 Å². The van der Waals surface area contributed by atoms with Gasteiger partial charge in [0.25, 0.3) is 0 Å². The molecule has 3 heteroatoms. The van der Waals surface area contributed by atoms with E-state index in [0.717, 1.165) is 25.7 Å². The summed E-state index contributed by atoms with van der Waals surface area (Å²) in [6.07, 6.45) is 10.1. The molecule has 1 aliphatic carbocycles. The fourth-order valence-electron chi connectivity index (χ4n) is 3.52. The first-order valence-corrected chi connectivity index (χ1v) is 9.26. The summed E-state index contributed by atoms with van der Waals surface area (Å²) in [5.74, 6) is 0.367. The fourth-order valence-corrected chi connectivity index (χ4v) is 3.52. The van der Waals surface area contributed by atoms with Crippen molar-refractivity contribution < 1.29 is 14.6 Å². The van der Waals surface area contributed by atoms with Crippen LogP contribution in [0.2, 0.25) is 0 Å². The van der Waals surface area contributed by atoms with Crippen LogP contribution in [0.5, 0.6) is 0 Å². The van der Waals surface area contributed by atoms with Gasteiger partial charge in [-0.1, -0.05) is 48.6 Å². The number of rotatable bonds is 8. The molecule has 0 aromatic heterocycles. The topological polar surface area (TPSA) is 46.5 Å². The van der Waals surface area contributed by atoms with E-state index in [9.17, 15) is 9.90 Å². The van der Waals surface area contributed by atoms with Gasteiger partial charge in [0.15, 0.2) is 5.78 Å². The van der Waals surface area contributed by atoms with Crippen molar-refractivity contribution in [3.05, 3.63) is 59.7 Å². The van der Waals surface area contributed by atoms with Crippen molar-refractivity contribution >= 4 is 5.78 Å². The number of aliphatic hydroxyl groups is 1. The van der Waals surface area contributed by atoms with Gasteiger partial charge in [-0.25, -0.2) is 0 Å². The maximum Gasteiger partial charge on any atom is 0.156 e. The molecule has 1 atom stereocenters. The highest BCUT2D eigenvalue weighted by molar-refractivity contribution is 5.94. The maximum absolute atomic E-state index is 11.8. The molecule has 1 aliphatic rings. The van der Waals surface area contributed by atoms with Crippen molar-refractivity contribution in [1.82, 2.24) is 0 Å². The molecular formula is C22H30O3. The van der Waals surface area contributed by atoms with Gasteiger partial charge in [0.2, 0.25) is 0 Å². The monoisotopic (exact) mass is 342 g/mol. The Hall–Kier alpha value is -1.71. The van der Waals surface area contributed by atoms with Crippen LogP contribution in [0.15, 0.2) is 54.1 Å². The SMILES string of the molecule is C/C=C\C=C(/C(C)=O)C(CO)COC1CCC(c2ccccc2)CC1. The lowest BCUT2D eigenvalue weighted by Gasteiger charge is -2.30. The molecule has 0 bridgehead atoms. The lowest BCUT2D eigenvalue weighted by molar-refractivity contribution is -0.114. The number of hydrogen-bond donors (Lipinski definition) is 1. The largest absolute Gasteiger partial charge is 0.396 e. The number of benzene rings is 1. The molecule has 0 aliphatic heterocycles. The average molecular weight is 342 g/mol. The fraction of sp³-hybridized carbons (Fsp3) is 0.500. The number of Topliss-reactive ketones (excluding diaryl/α,β-unsaturated/α-hetero) is 1.